The second kappa shape index (κ2) is 8.54. The summed E-state index contributed by atoms with van der Waals surface area (Å²) >= 11 is 6.17. The van der Waals surface area contributed by atoms with E-state index in [0.29, 0.717) is 12.2 Å². The number of amides is 1. The molecule has 1 aliphatic rings. The lowest BCUT2D eigenvalue weighted by Crippen LogP contribution is -2.25. The Balaban J connectivity index is 2.08. The Morgan fingerprint density at radius 1 is 1.06 bits per heavy atom. The molecular formula is C20H14ClF5N2O3. The molecule has 1 amide bonds. The average molecular weight is 461 g/mol. The fourth-order valence-corrected chi connectivity index (χ4v) is 3.21. The van der Waals surface area contributed by atoms with E-state index >= 15 is 0 Å². The SMILES string of the molecule is CCOc1cc(/C=C2/C(=O)N(c3c(F)c(F)c(F)c(F)c3F)N=C2C)cc(Cl)c1OC. The summed E-state index contributed by atoms with van der Waals surface area (Å²) in [5.41, 5.74) is -1.27. The average Bonchev–Trinajstić information content (AvgIpc) is 2.99. The molecule has 0 N–H and O–H groups in total. The van der Waals surface area contributed by atoms with E-state index in [1.807, 2.05) is 0 Å². The molecule has 0 atom stereocenters. The van der Waals surface area contributed by atoms with Crippen molar-refractivity contribution >= 4 is 35.0 Å². The molecule has 0 saturated heterocycles. The molecule has 1 heterocycles. The first-order chi connectivity index (χ1) is 14.6. The van der Waals surface area contributed by atoms with E-state index in [1.165, 1.54) is 32.2 Å². The Morgan fingerprint density at radius 2 is 1.65 bits per heavy atom. The van der Waals surface area contributed by atoms with Gasteiger partial charge in [0.15, 0.2) is 34.8 Å². The van der Waals surface area contributed by atoms with Gasteiger partial charge in [0, 0.05) is 0 Å². The fourth-order valence-electron chi connectivity index (χ4n) is 2.91. The molecule has 0 radical (unpaired) electrons. The number of hydrogen-bond donors (Lipinski definition) is 0. The van der Waals surface area contributed by atoms with Crippen LogP contribution in [0.3, 0.4) is 0 Å². The van der Waals surface area contributed by atoms with E-state index in [2.05, 4.69) is 5.10 Å². The third kappa shape index (κ3) is 3.83. The normalized spacial score (nSPS) is 15.0. The predicted molar refractivity (Wildman–Crippen MR) is 104 cm³/mol. The number of nitrogens with zero attached hydrogens (tertiary/aromatic N) is 2. The molecule has 0 saturated carbocycles. The first kappa shape index (κ1) is 22.5. The van der Waals surface area contributed by atoms with Crippen molar-refractivity contribution in [1.29, 1.82) is 0 Å². The van der Waals surface area contributed by atoms with Gasteiger partial charge in [0.1, 0.15) is 5.69 Å². The number of methoxy groups -OCH3 is 1. The van der Waals surface area contributed by atoms with Crippen molar-refractivity contribution in [2.75, 3.05) is 18.7 Å². The van der Waals surface area contributed by atoms with Gasteiger partial charge >= 0.3 is 0 Å². The van der Waals surface area contributed by atoms with Crippen LogP contribution in [0.5, 0.6) is 11.5 Å². The van der Waals surface area contributed by atoms with Crippen LogP contribution in [0.25, 0.3) is 6.08 Å². The van der Waals surface area contributed by atoms with Crippen LogP contribution in [0, 0.1) is 29.1 Å². The highest BCUT2D eigenvalue weighted by Gasteiger charge is 2.37. The summed E-state index contributed by atoms with van der Waals surface area (Å²) in [7, 11) is 1.39. The molecule has 2 aromatic rings. The zero-order valence-electron chi connectivity index (χ0n) is 16.3. The zero-order chi connectivity index (χ0) is 23.0. The maximum Gasteiger partial charge on any atom is 0.280 e. The molecule has 1 aliphatic heterocycles. The largest absolute Gasteiger partial charge is 0.491 e. The number of hydrazone groups is 1. The summed E-state index contributed by atoms with van der Waals surface area (Å²) in [6, 6.07) is 2.94. The number of carbonyl (C=O) groups is 1. The van der Waals surface area contributed by atoms with Crippen LogP contribution in [-0.2, 0) is 4.79 Å². The second-order valence-corrected chi connectivity index (χ2v) is 6.65. The number of hydrogen-bond acceptors (Lipinski definition) is 4. The molecule has 3 rings (SSSR count). The molecule has 0 fully saturated rings. The van der Waals surface area contributed by atoms with Gasteiger partial charge in [-0.3, -0.25) is 4.79 Å². The van der Waals surface area contributed by atoms with Crippen molar-refractivity contribution in [2.24, 2.45) is 5.10 Å². The van der Waals surface area contributed by atoms with E-state index in [-0.39, 0.29) is 32.8 Å². The van der Waals surface area contributed by atoms with Gasteiger partial charge < -0.3 is 9.47 Å². The molecule has 31 heavy (non-hydrogen) atoms. The van der Waals surface area contributed by atoms with Crippen molar-refractivity contribution in [3.05, 3.63) is 57.4 Å². The molecule has 164 valence electrons. The van der Waals surface area contributed by atoms with Gasteiger partial charge in [0.25, 0.3) is 5.91 Å². The smallest absolute Gasteiger partial charge is 0.280 e. The molecule has 11 heteroatoms. The standard InChI is InChI=1S/C20H14ClF5N2O3/c1-4-31-12-7-9(6-11(21)19(12)30-3)5-10-8(2)27-28(20(10)29)18-16(25)14(23)13(22)15(24)17(18)26/h5-7H,4H2,1-3H3/b10-5+. The maximum absolute atomic E-state index is 14.1. The molecule has 0 spiro atoms. The second-order valence-electron chi connectivity index (χ2n) is 6.25. The molecule has 5 nitrogen and oxygen atoms in total. The highest BCUT2D eigenvalue weighted by atomic mass is 35.5. The minimum absolute atomic E-state index is 0.0150. The van der Waals surface area contributed by atoms with Crippen LogP contribution >= 0.6 is 11.6 Å². The minimum atomic E-state index is -2.34. The number of halogens is 6. The van der Waals surface area contributed by atoms with Crippen LogP contribution in [-0.4, -0.2) is 25.3 Å². The number of anilines is 1. The van der Waals surface area contributed by atoms with Crippen molar-refractivity contribution in [3.8, 4) is 11.5 Å². The topological polar surface area (TPSA) is 51.1 Å². The summed E-state index contributed by atoms with van der Waals surface area (Å²) in [5, 5.41) is 3.97. The summed E-state index contributed by atoms with van der Waals surface area (Å²) in [6.07, 6.45) is 1.29. The quantitative estimate of drug-likeness (QED) is 0.265. The minimum Gasteiger partial charge on any atom is -0.491 e. The van der Waals surface area contributed by atoms with Gasteiger partial charge in [0.05, 0.1) is 30.0 Å². The first-order valence-electron chi connectivity index (χ1n) is 8.75. The highest BCUT2D eigenvalue weighted by Crippen LogP contribution is 2.38. The number of ether oxygens (including phenoxy) is 2. The van der Waals surface area contributed by atoms with Gasteiger partial charge in [-0.15, -0.1) is 0 Å². The number of carbonyl (C=O) groups excluding carboxylic acids is 1. The third-order valence-corrected chi connectivity index (χ3v) is 4.59. The first-order valence-corrected chi connectivity index (χ1v) is 9.13. The van der Waals surface area contributed by atoms with Crippen LogP contribution in [0.15, 0.2) is 22.8 Å². The Labute approximate surface area is 178 Å². The van der Waals surface area contributed by atoms with Gasteiger partial charge in [-0.2, -0.15) is 10.1 Å². The summed E-state index contributed by atoms with van der Waals surface area (Å²) in [5.74, 6) is -11.6. The van der Waals surface area contributed by atoms with E-state index in [1.54, 1.807) is 6.92 Å². The summed E-state index contributed by atoms with van der Waals surface area (Å²) in [4.78, 5) is 12.7. The number of rotatable bonds is 5. The monoisotopic (exact) mass is 460 g/mol. The van der Waals surface area contributed by atoms with Gasteiger partial charge in [-0.1, -0.05) is 11.6 Å². The molecule has 0 bridgehead atoms. The van der Waals surface area contributed by atoms with Crippen LogP contribution in [0.2, 0.25) is 5.02 Å². The Hall–Kier alpha value is -3.14. The van der Waals surface area contributed by atoms with E-state index in [4.69, 9.17) is 21.1 Å². The van der Waals surface area contributed by atoms with E-state index < -0.39 is 40.7 Å². The summed E-state index contributed by atoms with van der Waals surface area (Å²) < 4.78 is 79.3. The van der Waals surface area contributed by atoms with Crippen molar-refractivity contribution < 1.29 is 36.2 Å². The summed E-state index contributed by atoms with van der Waals surface area (Å²) in [6.45, 7) is 3.36. The Bertz CT molecular complexity index is 1120. The Kier molecular flexibility index (Phi) is 6.21. The van der Waals surface area contributed by atoms with Crippen LogP contribution < -0.4 is 14.5 Å². The maximum atomic E-state index is 14.1. The van der Waals surface area contributed by atoms with E-state index in [0.717, 1.165) is 0 Å². The molecular weight excluding hydrogens is 447 g/mol. The van der Waals surface area contributed by atoms with Crippen LogP contribution in [0.4, 0.5) is 27.6 Å². The molecule has 2 aromatic carbocycles. The van der Waals surface area contributed by atoms with Gasteiger partial charge in [-0.05, 0) is 37.6 Å². The van der Waals surface area contributed by atoms with Crippen molar-refractivity contribution in [2.45, 2.75) is 13.8 Å². The Morgan fingerprint density at radius 3 is 2.19 bits per heavy atom. The lowest BCUT2D eigenvalue weighted by atomic mass is 10.1. The van der Waals surface area contributed by atoms with Crippen molar-refractivity contribution in [3.63, 3.8) is 0 Å². The predicted octanol–water partition coefficient (Wildman–Crippen LogP) is 5.25. The van der Waals surface area contributed by atoms with Gasteiger partial charge in [-0.25, -0.2) is 22.0 Å². The zero-order valence-corrected chi connectivity index (χ0v) is 17.1. The number of benzene rings is 2. The third-order valence-electron chi connectivity index (χ3n) is 4.31. The molecule has 0 unspecified atom stereocenters. The molecule has 0 aliphatic carbocycles. The lowest BCUT2D eigenvalue weighted by Gasteiger charge is -2.15. The van der Waals surface area contributed by atoms with Crippen LogP contribution in [0.1, 0.15) is 19.4 Å². The van der Waals surface area contributed by atoms with E-state index in [9.17, 15) is 26.7 Å². The highest BCUT2D eigenvalue weighted by molar-refractivity contribution is 6.33. The lowest BCUT2D eigenvalue weighted by molar-refractivity contribution is -0.114. The van der Waals surface area contributed by atoms with Crippen molar-refractivity contribution in [1.82, 2.24) is 0 Å². The fraction of sp³-hybridized carbons (Fsp3) is 0.200. The molecule has 0 aromatic heterocycles. The van der Waals surface area contributed by atoms with Gasteiger partial charge in [0.2, 0.25) is 5.82 Å².